The first kappa shape index (κ1) is 9.64. The largest absolute Gasteiger partial charge is 0.490 e. The third kappa shape index (κ3) is 1.50. The van der Waals surface area contributed by atoms with Crippen molar-refractivity contribution in [1.29, 1.82) is 0 Å². The molecule has 0 aliphatic heterocycles. The minimum atomic E-state index is -1.20. The Hall–Kier alpha value is -2.45. The molecular weight excluding hydrogens is 198 g/mol. The molecule has 0 aliphatic carbocycles. The van der Waals surface area contributed by atoms with E-state index in [-0.39, 0.29) is 0 Å². The van der Waals surface area contributed by atoms with Crippen molar-refractivity contribution in [2.24, 2.45) is 0 Å². The number of nitro groups is 2. The lowest BCUT2D eigenvalue weighted by molar-refractivity contribution is -0.396. The summed E-state index contributed by atoms with van der Waals surface area (Å²) in [5.74, 6) is -1.01. The third-order valence-electron chi connectivity index (χ3n) is 1.37. The van der Waals surface area contributed by atoms with E-state index in [1.54, 1.807) is 4.98 Å². The topological polar surface area (TPSA) is 139 Å². The van der Waals surface area contributed by atoms with Gasteiger partial charge in [-0.25, -0.2) is 0 Å². The fraction of sp³-hybridized carbons (Fsp3) is 0. The van der Waals surface area contributed by atoms with Crippen LogP contribution in [0.3, 0.4) is 0 Å². The summed E-state index contributed by atoms with van der Waals surface area (Å²) in [6.45, 7) is 0. The summed E-state index contributed by atoms with van der Waals surface area (Å²) in [6, 6.07) is 0.397. The highest BCUT2D eigenvalue weighted by molar-refractivity contribution is 5.47. The fourth-order valence-electron chi connectivity index (χ4n) is 0.774. The van der Waals surface area contributed by atoms with Gasteiger partial charge >= 0.3 is 16.9 Å². The van der Waals surface area contributed by atoms with Crippen LogP contribution in [-0.4, -0.2) is 19.9 Å². The van der Waals surface area contributed by atoms with Gasteiger partial charge in [-0.1, -0.05) is 0 Å². The Bertz CT molecular complexity index is 463. The highest BCUT2D eigenvalue weighted by Crippen LogP contribution is 2.23. The molecule has 0 amide bonds. The first-order valence-corrected chi connectivity index (χ1v) is 3.18. The van der Waals surface area contributed by atoms with Gasteiger partial charge in [0.2, 0.25) is 0 Å². The zero-order chi connectivity index (χ0) is 10.9. The lowest BCUT2D eigenvalue weighted by Crippen LogP contribution is -2.11. The number of rotatable bonds is 2. The van der Waals surface area contributed by atoms with E-state index in [9.17, 15) is 25.0 Å². The molecule has 1 heterocycles. The first-order chi connectivity index (χ1) is 6.43. The predicted molar refractivity (Wildman–Crippen MR) is 42.0 cm³/mol. The molecule has 0 saturated heterocycles. The molecule has 9 nitrogen and oxygen atoms in total. The van der Waals surface area contributed by atoms with Gasteiger partial charge in [-0.3, -0.25) is 30.0 Å². The van der Waals surface area contributed by atoms with Crippen LogP contribution in [0.5, 0.6) is 5.88 Å². The van der Waals surface area contributed by atoms with E-state index >= 15 is 0 Å². The Morgan fingerprint density at radius 1 is 1.21 bits per heavy atom. The van der Waals surface area contributed by atoms with Crippen LogP contribution in [-0.2, 0) is 0 Å². The lowest BCUT2D eigenvalue weighted by atomic mass is 10.3. The quantitative estimate of drug-likeness (QED) is 0.505. The normalized spacial score (nSPS) is 9.71. The van der Waals surface area contributed by atoms with Crippen LogP contribution >= 0.6 is 0 Å². The standard InChI is InChI=1S/C5H3N3O6/c9-4-2(7(11)12)1-3(8(13)14)5(10)6-4/h1H,(H2,6,9,10). The predicted octanol–water partition coefficient (Wildman–Crippen LogP) is -0.103. The molecule has 0 spiro atoms. The molecule has 0 atom stereocenters. The summed E-state index contributed by atoms with van der Waals surface area (Å²) in [5.41, 5.74) is -3.11. The number of nitrogens with zero attached hydrogens (tertiary/aromatic N) is 2. The van der Waals surface area contributed by atoms with Crippen LogP contribution in [0.15, 0.2) is 10.9 Å². The number of aromatic amines is 1. The maximum Gasteiger partial charge on any atom is 0.341 e. The van der Waals surface area contributed by atoms with Gasteiger partial charge in [-0.15, -0.1) is 0 Å². The van der Waals surface area contributed by atoms with Crippen molar-refractivity contribution in [3.63, 3.8) is 0 Å². The summed E-state index contributed by atoms with van der Waals surface area (Å²) in [4.78, 5) is 30.6. The zero-order valence-corrected chi connectivity index (χ0v) is 6.46. The number of hydrogen-bond donors (Lipinski definition) is 2. The maximum absolute atomic E-state index is 10.8. The molecule has 14 heavy (non-hydrogen) atoms. The maximum atomic E-state index is 10.8. The van der Waals surface area contributed by atoms with Gasteiger partial charge in [-0.05, 0) is 0 Å². The molecule has 1 aromatic rings. The van der Waals surface area contributed by atoms with Crippen molar-refractivity contribution in [2.45, 2.75) is 0 Å². The van der Waals surface area contributed by atoms with Gasteiger partial charge in [0, 0.05) is 0 Å². The van der Waals surface area contributed by atoms with Crippen LogP contribution in [0.25, 0.3) is 0 Å². The van der Waals surface area contributed by atoms with E-state index in [0.29, 0.717) is 6.07 Å². The summed E-state index contributed by atoms with van der Waals surface area (Å²) >= 11 is 0. The van der Waals surface area contributed by atoms with E-state index in [1.165, 1.54) is 0 Å². The van der Waals surface area contributed by atoms with Crippen LogP contribution in [0, 0.1) is 20.2 Å². The van der Waals surface area contributed by atoms with Gasteiger partial charge in [0.05, 0.1) is 9.85 Å². The number of nitrogens with one attached hydrogen (secondary N) is 1. The average molecular weight is 201 g/mol. The molecule has 2 N–H and O–H groups in total. The van der Waals surface area contributed by atoms with Crippen LogP contribution in [0.1, 0.15) is 0 Å². The molecule has 0 unspecified atom stereocenters. The Labute approximate surface area is 74.9 Å². The van der Waals surface area contributed by atoms with Crippen molar-refractivity contribution >= 4 is 11.4 Å². The number of aromatic hydroxyl groups is 1. The van der Waals surface area contributed by atoms with Gasteiger partial charge in [-0.2, -0.15) is 0 Å². The van der Waals surface area contributed by atoms with E-state index in [4.69, 9.17) is 5.11 Å². The smallest absolute Gasteiger partial charge is 0.341 e. The van der Waals surface area contributed by atoms with Crippen molar-refractivity contribution < 1.29 is 15.0 Å². The van der Waals surface area contributed by atoms with E-state index in [1.807, 2.05) is 0 Å². The number of pyridine rings is 1. The average Bonchev–Trinajstić information content (AvgIpc) is 2.02. The van der Waals surface area contributed by atoms with Crippen molar-refractivity contribution in [3.05, 3.63) is 36.6 Å². The van der Waals surface area contributed by atoms with Crippen LogP contribution in [0.2, 0.25) is 0 Å². The second kappa shape index (κ2) is 3.12. The third-order valence-corrected chi connectivity index (χ3v) is 1.37. The number of H-pyrrole nitrogens is 1. The fourth-order valence-corrected chi connectivity index (χ4v) is 0.774. The number of hydrogen-bond acceptors (Lipinski definition) is 6. The molecule has 0 saturated carbocycles. The molecular formula is C5H3N3O6. The zero-order valence-electron chi connectivity index (χ0n) is 6.46. The summed E-state index contributed by atoms with van der Waals surface area (Å²) < 4.78 is 0. The SMILES string of the molecule is O=c1[nH]c(O)c([N+](=O)[O-])cc1[N+](=O)[O-]. The minimum absolute atomic E-state index is 0.397. The molecule has 1 aromatic heterocycles. The van der Waals surface area contributed by atoms with Crippen LogP contribution in [0.4, 0.5) is 11.4 Å². The molecule has 0 bridgehead atoms. The van der Waals surface area contributed by atoms with Gasteiger partial charge in [0.25, 0.3) is 5.88 Å². The van der Waals surface area contributed by atoms with Gasteiger partial charge in [0.1, 0.15) is 6.07 Å². The second-order valence-electron chi connectivity index (χ2n) is 2.23. The molecule has 74 valence electrons. The van der Waals surface area contributed by atoms with Crippen molar-refractivity contribution in [2.75, 3.05) is 0 Å². The van der Waals surface area contributed by atoms with Crippen LogP contribution < -0.4 is 5.56 Å². The summed E-state index contributed by atoms with van der Waals surface area (Å²) in [6.07, 6.45) is 0. The Morgan fingerprint density at radius 3 is 2.14 bits per heavy atom. The first-order valence-electron chi connectivity index (χ1n) is 3.18. The Morgan fingerprint density at radius 2 is 1.71 bits per heavy atom. The molecule has 9 heteroatoms. The molecule has 0 aromatic carbocycles. The highest BCUT2D eigenvalue weighted by atomic mass is 16.6. The highest BCUT2D eigenvalue weighted by Gasteiger charge is 2.23. The molecule has 0 radical (unpaired) electrons. The molecule has 0 aliphatic rings. The summed E-state index contributed by atoms with van der Waals surface area (Å²) in [7, 11) is 0. The van der Waals surface area contributed by atoms with Gasteiger partial charge < -0.3 is 5.11 Å². The van der Waals surface area contributed by atoms with Crippen molar-refractivity contribution in [3.8, 4) is 5.88 Å². The van der Waals surface area contributed by atoms with Crippen molar-refractivity contribution in [1.82, 2.24) is 4.98 Å². The summed E-state index contributed by atoms with van der Waals surface area (Å²) in [5, 5.41) is 29.2. The van der Waals surface area contributed by atoms with E-state index in [0.717, 1.165) is 0 Å². The van der Waals surface area contributed by atoms with E-state index in [2.05, 4.69) is 0 Å². The monoisotopic (exact) mass is 201 g/mol. The molecule has 1 rings (SSSR count). The molecule has 0 fully saturated rings. The number of aromatic nitrogens is 1. The Balaban J connectivity index is 3.50. The minimum Gasteiger partial charge on any atom is -0.490 e. The lowest BCUT2D eigenvalue weighted by Gasteiger charge is -1.94. The Kier molecular flexibility index (Phi) is 2.15. The second-order valence-corrected chi connectivity index (χ2v) is 2.23. The van der Waals surface area contributed by atoms with Gasteiger partial charge in [0.15, 0.2) is 0 Å². The van der Waals surface area contributed by atoms with E-state index < -0.39 is 32.7 Å².